The Morgan fingerprint density at radius 2 is 1.73 bits per heavy atom. The molecule has 0 unspecified atom stereocenters. The van der Waals surface area contributed by atoms with E-state index in [0.717, 1.165) is 22.3 Å². The van der Waals surface area contributed by atoms with Crippen LogP contribution in [0.25, 0.3) is 11.4 Å². The van der Waals surface area contributed by atoms with Gasteiger partial charge < -0.3 is 14.6 Å². The van der Waals surface area contributed by atoms with Crippen LogP contribution in [0.5, 0.6) is 5.75 Å². The van der Waals surface area contributed by atoms with Crippen molar-refractivity contribution in [2.75, 3.05) is 6.61 Å². The van der Waals surface area contributed by atoms with Crippen LogP contribution >= 0.6 is 0 Å². The summed E-state index contributed by atoms with van der Waals surface area (Å²) in [5.74, 6) is 1.28. The SMILES string of the molecule is Cc1ccc(-c2noc(CNC(=O)COc3cc(C)cc(C)c3)n2)cc1. The molecule has 6 nitrogen and oxygen atoms in total. The predicted octanol–water partition coefficient (Wildman–Crippen LogP) is 3.36. The van der Waals surface area contributed by atoms with Gasteiger partial charge in [-0.25, -0.2) is 0 Å². The first kappa shape index (κ1) is 17.7. The fourth-order valence-corrected chi connectivity index (χ4v) is 2.54. The van der Waals surface area contributed by atoms with Gasteiger partial charge in [0.25, 0.3) is 5.91 Å². The number of rotatable bonds is 6. The molecule has 3 rings (SSSR count). The van der Waals surface area contributed by atoms with E-state index in [1.165, 1.54) is 0 Å². The molecule has 0 spiro atoms. The smallest absolute Gasteiger partial charge is 0.258 e. The molecule has 0 saturated carbocycles. The number of benzene rings is 2. The van der Waals surface area contributed by atoms with Crippen LogP contribution in [0.1, 0.15) is 22.6 Å². The summed E-state index contributed by atoms with van der Waals surface area (Å²) < 4.78 is 10.7. The third kappa shape index (κ3) is 4.69. The van der Waals surface area contributed by atoms with Gasteiger partial charge in [-0.2, -0.15) is 4.98 Å². The number of amides is 1. The Kier molecular flexibility index (Phi) is 5.31. The molecule has 3 aromatic rings. The molecule has 134 valence electrons. The summed E-state index contributed by atoms with van der Waals surface area (Å²) in [7, 11) is 0. The van der Waals surface area contributed by atoms with Crippen molar-refractivity contribution in [2.45, 2.75) is 27.3 Å². The zero-order chi connectivity index (χ0) is 18.5. The Bertz CT molecular complexity index is 881. The van der Waals surface area contributed by atoms with E-state index in [-0.39, 0.29) is 19.1 Å². The average molecular weight is 351 g/mol. The molecule has 6 heteroatoms. The second-order valence-electron chi connectivity index (χ2n) is 6.27. The molecule has 26 heavy (non-hydrogen) atoms. The molecule has 0 aliphatic heterocycles. The molecule has 1 heterocycles. The molecule has 2 aromatic carbocycles. The quantitative estimate of drug-likeness (QED) is 0.737. The van der Waals surface area contributed by atoms with E-state index in [1.807, 2.05) is 63.2 Å². The van der Waals surface area contributed by atoms with E-state index in [9.17, 15) is 4.79 Å². The van der Waals surface area contributed by atoms with Crippen molar-refractivity contribution < 1.29 is 14.1 Å². The highest BCUT2D eigenvalue weighted by molar-refractivity contribution is 5.77. The first-order valence-corrected chi connectivity index (χ1v) is 8.37. The van der Waals surface area contributed by atoms with Crippen molar-refractivity contribution >= 4 is 5.91 Å². The Morgan fingerprint density at radius 1 is 1.04 bits per heavy atom. The molecular weight excluding hydrogens is 330 g/mol. The molecule has 0 saturated heterocycles. The third-order valence-electron chi connectivity index (χ3n) is 3.78. The summed E-state index contributed by atoms with van der Waals surface area (Å²) in [4.78, 5) is 16.2. The number of ether oxygens (including phenoxy) is 1. The van der Waals surface area contributed by atoms with Gasteiger partial charge in [-0.15, -0.1) is 0 Å². The molecule has 0 aliphatic rings. The van der Waals surface area contributed by atoms with E-state index in [4.69, 9.17) is 9.26 Å². The topological polar surface area (TPSA) is 77.2 Å². The van der Waals surface area contributed by atoms with Crippen LogP contribution < -0.4 is 10.1 Å². The zero-order valence-corrected chi connectivity index (χ0v) is 15.1. The van der Waals surface area contributed by atoms with E-state index in [1.54, 1.807) is 0 Å². The van der Waals surface area contributed by atoms with Crippen LogP contribution in [0.3, 0.4) is 0 Å². The largest absolute Gasteiger partial charge is 0.484 e. The minimum absolute atomic E-state index is 0.0676. The van der Waals surface area contributed by atoms with Gasteiger partial charge in [-0.1, -0.05) is 41.1 Å². The maximum Gasteiger partial charge on any atom is 0.258 e. The summed E-state index contributed by atoms with van der Waals surface area (Å²) in [6, 6.07) is 13.7. The van der Waals surface area contributed by atoms with Crippen LogP contribution in [-0.2, 0) is 11.3 Å². The molecule has 1 amide bonds. The first-order valence-electron chi connectivity index (χ1n) is 8.37. The first-order chi connectivity index (χ1) is 12.5. The van der Waals surface area contributed by atoms with Crippen molar-refractivity contribution in [2.24, 2.45) is 0 Å². The van der Waals surface area contributed by atoms with Crippen molar-refractivity contribution in [1.82, 2.24) is 15.5 Å². The predicted molar refractivity (Wildman–Crippen MR) is 97.7 cm³/mol. The van der Waals surface area contributed by atoms with Crippen molar-refractivity contribution in [1.29, 1.82) is 0 Å². The number of aromatic nitrogens is 2. The van der Waals surface area contributed by atoms with Gasteiger partial charge in [0.05, 0.1) is 6.54 Å². The number of nitrogens with zero attached hydrogens (tertiary/aromatic N) is 2. The van der Waals surface area contributed by atoms with E-state index < -0.39 is 0 Å². The summed E-state index contributed by atoms with van der Waals surface area (Å²) in [6.45, 7) is 6.08. The number of hydrogen-bond acceptors (Lipinski definition) is 5. The van der Waals surface area contributed by atoms with Crippen LogP contribution in [-0.4, -0.2) is 22.7 Å². The lowest BCUT2D eigenvalue weighted by Gasteiger charge is -2.08. The molecule has 0 fully saturated rings. The van der Waals surface area contributed by atoms with Crippen LogP contribution in [0, 0.1) is 20.8 Å². The zero-order valence-electron chi connectivity index (χ0n) is 15.1. The lowest BCUT2D eigenvalue weighted by molar-refractivity contribution is -0.123. The molecule has 1 N–H and O–H groups in total. The van der Waals surface area contributed by atoms with E-state index in [0.29, 0.717) is 17.5 Å². The summed E-state index contributed by atoms with van der Waals surface area (Å²) in [6.07, 6.45) is 0. The van der Waals surface area contributed by atoms with Crippen LogP contribution in [0.2, 0.25) is 0 Å². The average Bonchev–Trinajstić information content (AvgIpc) is 3.07. The number of carbonyl (C=O) groups is 1. The maximum atomic E-state index is 11.9. The highest BCUT2D eigenvalue weighted by Crippen LogP contribution is 2.17. The Labute approximate surface area is 152 Å². The Balaban J connectivity index is 1.51. The fraction of sp³-hybridized carbons (Fsp3) is 0.250. The standard InChI is InChI=1S/C20H21N3O3/c1-13-4-6-16(7-5-13)20-22-19(26-23-20)11-21-18(24)12-25-17-9-14(2)8-15(3)10-17/h4-10H,11-12H2,1-3H3,(H,21,24). The van der Waals surface area contributed by atoms with Gasteiger partial charge in [0, 0.05) is 5.56 Å². The number of nitrogens with one attached hydrogen (secondary N) is 1. The minimum atomic E-state index is -0.251. The number of carbonyl (C=O) groups excluding carboxylic acids is 1. The lowest BCUT2D eigenvalue weighted by Crippen LogP contribution is -2.28. The maximum absolute atomic E-state index is 11.9. The van der Waals surface area contributed by atoms with Gasteiger partial charge in [0.2, 0.25) is 11.7 Å². The lowest BCUT2D eigenvalue weighted by atomic mass is 10.1. The number of hydrogen-bond donors (Lipinski definition) is 1. The third-order valence-corrected chi connectivity index (χ3v) is 3.78. The van der Waals surface area contributed by atoms with Crippen molar-refractivity contribution in [3.05, 3.63) is 65.0 Å². The molecular formula is C20H21N3O3. The minimum Gasteiger partial charge on any atom is -0.484 e. The molecule has 0 bridgehead atoms. The highest BCUT2D eigenvalue weighted by Gasteiger charge is 2.10. The molecule has 0 aliphatic carbocycles. The fourth-order valence-electron chi connectivity index (χ4n) is 2.54. The second-order valence-corrected chi connectivity index (χ2v) is 6.27. The van der Waals surface area contributed by atoms with Gasteiger partial charge in [0.15, 0.2) is 6.61 Å². The second kappa shape index (κ2) is 7.82. The van der Waals surface area contributed by atoms with Crippen LogP contribution in [0.4, 0.5) is 0 Å². The summed E-state index contributed by atoms with van der Waals surface area (Å²) >= 11 is 0. The van der Waals surface area contributed by atoms with Gasteiger partial charge >= 0.3 is 0 Å². The monoisotopic (exact) mass is 351 g/mol. The van der Waals surface area contributed by atoms with Gasteiger partial charge in [-0.05, 0) is 44.0 Å². The summed E-state index contributed by atoms with van der Waals surface area (Å²) in [5, 5.41) is 6.65. The van der Waals surface area contributed by atoms with Crippen LogP contribution in [0.15, 0.2) is 47.0 Å². The van der Waals surface area contributed by atoms with E-state index in [2.05, 4.69) is 15.5 Å². The van der Waals surface area contributed by atoms with Gasteiger partial charge in [0.1, 0.15) is 5.75 Å². The van der Waals surface area contributed by atoms with Gasteiger partial charge in [-0.3, -0.25) is 4.79 Å². The normalized spacial score (nSPS) is 10.6. The van der Waals surface area contributed by atoms with E-state index >= 15 is 0 Å². The number of aryl methyl sites for hydroxylation is 3. The Hall–Kier alpha value is -3.15. The Morgan fingerprint density at radius 3 is 2.42 bits per heavy atom. The molecule has 0 atom stereocenters. The summed E-state index contributed by atoms with van der Waals surface area (Å²) in [5.41, 5.74) is 4.22. The molecule has 0 radical (unpaired) electrons. The highest BCUT2D eigenvalue weighted by atomic mass is 16.5. The molecule has 1 aromatic heterocycles. The van der Waals surface area contributed by atoms with Crippen molar-refractivity contribution in [3.63, 3.8) is 0 Å². The van der Waals surface area contributed by atoms with Crippen molar-refractivity contribution in [3.8, 4) is 17.1 Å².